The molecule has 0 unspecified atom stereocenters. The second-order valence-corrected chi connectivity index (χ2v) is 3.12. The molecule has 0 amide bonds. The van der Waals surface area contributed by atoms with Gasteiger partial charge in [0.2, 0.25) is 0 Å². The highest BCUT2D eigenvalue weighted by Gasteiger charge is 1.95. The first-order chi connectivity index (χ1) is 5.33. The van der Waals surface area contributed by atoms with E-state index in [1.807, 2.05) is 0 Å². The molecule has 0 aromatic rings. The molecule has 0 heteroatoms. The molecule has 0 bridgehead atoms. The van der Waals surface area contributed by atoms with Crippen LogP contribution in [0.2, 0.25) is 0 Å². The van der Waals surface area contributed by atoms with E-state index in [9.17, 15) is 0 Å². The lowest BCUT2D eigenvalue weighted by molar-refractivity contribution is 0.504. The SMILES string of the molecule is C1CCC1.CCC.CCCC. The topological polar surface area (TPSA) is 0 Å². The zero-order chi connectivity index (χ0) is 8.95. The number of hydrogen-bond donors (Lipinski definition) is 0. The van der Waals surface area contributed by atoms with Crippen LogP contribution >= 0.6 is 0 Å². The molecule has 0 nitrogen and oxygen atoms in total. The van der Waals surface area contributed by atoms with Gasteiger partial charge in [-0.15, -0.1) is 0 Å². The van der Waals surface area contributed by atoms with E-state index in [-0.39, 0.29) is 0 Å². The van der Waals surface area contributed by atoms with Crippen LogP contribution < -0.4 is 0 Å². The summed E-state index contributed by atoms with van der Waals surface area (Å²) in [5.74, 6) is 0. The lowest BCUT2D eigenvalue weighted by Gasteiger charge is -2.05. The average molecular weight is 158 g/mol. The van der Waals surface area contributed by atoms with Crippen LogP contribution in [0.25, 0.3) is 0 Å². The summed E-state index contributed by atoms with van der Waals surface area (Å²) in [6, 6.07) is 0. The Balaban J connectivity index is 0. The van der Waals surface area contributed by atoms with Crippen molar-refractivity contribution in [3.63, 3.8) is 0 Å². The number of hydrogen-bond acceptors (Lipinski definition) is 0. The second-order valence-electron chi connectivity index (χ2n) is 3.12. The Labute approximate surface area is 73.4 Å². The van der Waals surface area contributed by atoms with Gasteiger partial charge in [0.05, 0.1) is 0 Å². The van der Waals surface area contributed by atoms with E-state index in [2.05, 4.69) is 27.7 Å². The van der Waals surface area contributed by atoms with Crippen molar-refractivity contribution in [2.75, 3.05) is 0 Å². The molecule has 0 radical (unpaired) electrons. The Bertz CT molecular complexity index is 29.3. The first-order valence-electron chi connectivity index (χ1n) is 5.33. The summed E-state index contributed by atoms with van der Waals surface area (Å²) in [7, 11) is 0. The van der Waals surface area contributed by atoms with Gasteiger partial charge in [0.25, 0.3) is 0 Å². The van der Waals surface area contributed by atoms with Crippen molar-refractivity contribution in [3.8, 4) is 0 Å². The minimum Gasteiger partial charge on any atom is -0.0656 e. The van der Waals surface area contributed by atoms with E-state index >= 15 is 0 Å². The van der Waals surface area contributed by atoms with Gasteiger partial charge in [-0.1, -0.05) is 72.6 Å². The summed E-state index contributed by atoms with van der Waals surface area (Å²) in [4.78, 5) is 0. The molecule has 0 N–H and O–H groups in total. The molecule has 1 fully saturated rings. The predicted molar refractivity (Wildman–Crippen MR) is 55.0 cm³/mol. The normalized spacial score (nSPS) is 13.1. The summed E-state index contributed by atoms with van der Waals surface area (Å²) < 4.78 is 0. The van der Waals surface area contributed by atoms with Gasteiger partial charge in [-0.05, 0) is 0 Å². The highest BCUT2D eigenvalue weighted by atomic mass is 14.0. The summed E-state index contributed by atoms with van der Waals surface area (Å²) in [6.45, 7) is 8.61. The quantitative estimate of drug-likeness (QED) is 0.515. The maximum atomic E-state index is 2.18. The largest absolute Gasteiger partial charge is 0.0656 e. The van der Waals surface area contributed by atoms with Crippen molar-refractivity contribution >= 4 is 0 Å². The lowest BCUT2D eigenvalue weighted by Crippen LogP contribution is -1.85. The summed E-state index contributed by atoms with van der Waals surface area (Å²) in [6.07, 6.45) is 9.89. The molecular weight excluding hydrogens is 132 g/mol. The second kappa shape index (κ2) is 16.5. The monoisotopic (exact) mass is 158 g/mol. The van der Waals surface area contributed by atoms with Crippen LogP contribution in [0.15, 0.2) is 0 Å². The van der Waals surface area contributed by atoms with Crippen LogP contribution in [0.1, 0.15) is 72.6 Å². The molecule has 0 spiro atoms. The van der Waals surface area contributed by atoms with E-state index < -0.39 is 0 Å². The fourth-order valence-electron chi connectivity index (χ4n) is 0.250. The van der Waals surface area contributed by atoms with E-state index in [1.54, 1.807) is 0 Å². The molecule has 1 saturated carbocycles. The van der Waals surface area contributed by atoms with Crippen LogP contribution in [0.5, 0.6) is 0 Å². The van der Waals surface area contributed by atoms with Crippen molar-refractivity contribution in [1.82, 2.24) is 0 Å². The first-order valence-corrected chi connectivity index (χ1v) is 5.33. The maximum absolute atomic E-state index is 2.18. The molecule has 0 atom stereocenters. The van der Waals surface area contributed by atoms with E-state index in [1.165, 1.54) is 44.9 Å². The maximum Gasteiger partial charge on any atom is -0.0533 e. The van der Waals surface area contributed by atoms with Gasteiger partial charge >= 0.3 is 0 Å². The average Bonchev–Trinajstić information content (AvgIpc) is 1.85. The van der Waals surface area contributed by atoms with Gasteiger partial charge in [0.15, 0.2) is 0 Å². The molecule has 70 valence electrons. The Morgan fingerprint density at radius 3 is 0.818 bits per heavy atom. The van der Waals surface area contributed by atoms with Crippen LogP contribution in [0.4, 0.5) is 0 Å². The zero-order valence-corrected chi connectivity index (χ0v) is 8.95. The molecular formula is C11H26. The highest BCUT2D eigenvalue weighted by Crippen LogP contribution is 2.15. The van der Waals surface area contributed by atoms with Gasteiger partial charge in [-0.3, -0.25) is 0 Å². The van der Waals surface area contributed by atoms with Gasteiger partial charge in [0, 0.05) is 0 Å². The van der Waals surface area contributed by atoms with E-state index in [4.69, 9.17) is 0 Å². The van der Waals surface area contributed by atoms with Crippen molar-refractivity contribution in [2.24, 2.45) is 0 Å². The zero-order valence-electron chi connectivity index (χ0n) is 8.95. The van der Waals surface area contributed by atoms with Crippen LogP contribution in [-0.4, -0.2) is 0 Å². The smallest absolute Gasteiger partial charge is 0.0533 e. The molecule has 0 aromatic heterocycles. The summed E-state index contributed by atoms with van der Waals surface area (Å²) in [5.41, 5.74) is 0. The van der Waals surface area contributed by atoms with Crippen LogP contribution in [0, 0.1) is 0 Å². The fourth-order valence-corrected chi connectivity index (χ4v) is 0.250. The Morgan fingerprint density at radius 2 is 0.818 bits per heavy atom. The molecule has 11 heavy (non-hydrogen) atoms. The molecule has 0 heterocycles. The molecule has 0 aromatic carbocycles. The minimum absolute atomic E-state index is 1.25. The van der Waals surface area contributed by atoms with Crippen molar-refractivity contribution in [3.05, 3.63) is 0 Å². The third-order valence-electron chi connectivity index (χ3n) is 1.50. The van der Waals surface area contributed by atoms with E-state index in [0.29, 0.717) is 0 Å². The predicted octanol–water partition coefficient (Wildman–Crippen LogP) is 4.78. The van der Waals surface area contributed by atoms with Gasteiger partial charge in [0.1, 0.15) is 0 Å². The third kappa shape index (κ3) is 25.6. The molecule has 0 aliphatic heterocycles. The third-order valence-corrected chi connectivity index (χ3v) is 1.50. The van der Waals surface area contributed by atoms with E-state index in [0.717, 1.165) is 0 Å². The van der Waals surface area contributed by atoms with Crippen molar-refractivity contribution < 1.29 is 0 Å². The fraction of sp³-hybridized carbons (Fsp3) is 1.00. The van der Waals surface area contributed by atoms with Gasteiger partial charge < -0.3 is 0 Å². The Kier molecular flexibility index (Phi) is 20.4. The van der Waals surface area contributed by atoms with Crippen molar-refractivity contribution in [2.45, 2.75) is 72.6 Å². The first kappa shape index (κ1) is 13.6. The van der Waals surface area contributed by atoms with Gasteiger partial charge in [-0.2, -0.15) is 0 Å². The summed E-state index contributed by atoms with van der Waals surface area (Å²) in [5, 5.41) is 0. The molecule has 1 aliphatic rings. The van der Waals surface area contributed by atoms with Crippen LogP contribution in [-0.2, 0) is 0 Å². The van der Waals surface area contributed by atoms with Crippen molar-refractivity contribution in [1.29, 1.82) is 0 Å². The Morgan fingerprint density at radius 1 is 0.636 bits per heavy atom. The Hall–Kier alpha value is 0. The number of rotatable bonds is 1. The molecule has 0 saturated heterocycles. The standard InChI is InChI=1S/C4H8.C4H10.C3H8/c1-2-4-3-1;1-3-4-2;1-3-2/h1-4H2;3-4H2,1-2H3;3H2,1-2H3. The molecule has 1 aliphatic carbocycles. The highest BCUT2D eigenvalue weighted by molar-refractivity contribution is 4.50. The molecule has 1 rings (SSSR count). The van der Waals surface area contributed by atoms with Crippen LogP contribution in [0.3, 0.4) is 0 Å². The summed E-state index contributed by atoms with van der Waals surface area (Å²) >= 11 is 0. The number of unbranched alkanes of at least 4 members (excludes halogenated alkanes) is 1. The van der Waals surface area contributed by atoms with Gasteiger partial charge in [-0.25, -0.2) is 0 Å². The minimum atomic E-state index is 1.25. The lowest BCUT2D eigenvalue weighted by atomic mass is 10.0.